The molecule has 204 valence electrons. The molecule has 7 nitrogen and oxygen atoms in total. The van der Waals surface area contributed by atoms with Gasteiger partial charge in [-0.1, -0.05) is 30.3 Å². The summed E-state index contributed by atoms with van der Waals surface area (Å²) in [6.07, 6.45) is 12.3. The molecule has 0 radical (unpaired) electrons. The van der Waals surface area contributed by atoms with Gasteiger partial charge in [-0.15, -0.1) is 0 Å². The molecule has 7 heteroatoms. The lowest BCUT2D eigenvalue weighted by atomic mass is 10.1. The predicted octanol–water partition coefficient (Wildman–Crippen LogP) is 5.84. The second kappa shape index (κ2) is 12.2. The maximum Gasteiger partial charge on any atom is 0.146 e. The molecule has 4 aromatic rings. The van der Waals surface area contributed by atoms with E-state index in [2.05, 4.69) is 49.6 Å². The Morgan fingerprint density at radius 3 is 2.62 bits per heavy atom. The van der Waals surface area contributed by atoms with Crippen LogP contribution in [-0.4, -0.2) is 40.7 Å². The minimum Gasteiger partial charge on any atom is -0.457 e. The summed E-state index contributed by atoms with van der Waals surface area (Å²) in [7, 11) is 0. The van der Waals surface area contributed by atoms with E-state index in [9.17, 15) is 0 Å². The molecule has 0 amide bonds. The van der Waals surface area contributed by atoms with Gasteiger partial charge >= 0.3 is 0 Å². The van der Waals surface area contributed by atoms with Gasteiger partial charge in [0.2, 0.25) is 0 Å². The molecule has 2 fully saturated rings. The van der Waals surface area contributed by atoms with Gasteiger partial charge in [0.05, 0.1) is 5.39 Å². The van der Waals surface area contributed by atoms with Crippen LogP contribution >= 0.6 is 0 Å². The first-order valence-electron chi connectivity index (χ1n) is 14.6. The van der Waals surface area contributed by atoms with Crippen LogP contribution in [0, 0.1) is 5.92 Å². The molecule has 0 bridgehead atoms. The number of ether oxygens (including phenoxy) is 1. The van der Waals surface area contributed by atoms with Gasteiger partial charge in [0.1, 0.15) is 29.3 Å². The summed E-state index contributed by atoms with van der Waals surface area (Å²) in [5, 5.41) is 8.40. The molecule has 2 aromatic carbocycles. The second-order valence-corrected chi connectivity index (χ2v) is 11.2. The fourth-order valence-electron chi connectivity index (χ4n) is 6.00. The number of hydrogen-bond donors (Lipinski definition) is 3. The van der Waals surface area contributed by atoms with E-state index in [1.165, 1.54) is 43.2 Å². The van der Waals surface area contributed by atoms with Crippen LogP contribution in [0.4, 0.5) is 5.82 Å². The van der Waals surface area contributed by atoms with Crippen LogP contribution in [-0.2, 0) is 6.42 Å². The number of hydrogen-bond acceptors (Lipinski definition) is 6. The van der Waals surface area contributed by atoms with E-state index in [1.807, 2.05) is 36.4 Å². The quantitative estimate of drug-likeness (QED) is 0.191. The zero-order chi connectivity index (χ0) is 26.4. The summed E-state index contributed by atoms with van der Waals surface area (Å²) >= 11 is 0. The smallest absolute Gasteiger partial charge is 0.146 e. The monoisotopic (exact) mass is 524 g/mol. The maximum atomic E-state index is 6.26. The molecule has 0 aliphatic heterocycles. The lowest BCUT2D eigenvalue weighted by Crippen LogP contribution is -2.26. The summed E-state index contributed by atoms with van der Waals surface area (Å²) in [5.74, 6) is 3.76. The molecule has 0 spiro atoms. The number of anilines is 1. The van der Waals surface area contributed by atoms with Gasteiger partial charge in [0, 0.05) is 12.2 Å². The molecule has 6 rings (SSSR count). The number of para-hydroxylation sites is 1. The van der Waals surface area contributed by atoms with Crippen molar-refractivity contribution in [3.63, 3.8) is 0 Å². The molecule has 2 aromatic heterocycles. The van der Waals surface area contributed by atoms with Crippen molar-refractivity contribution in [1.82, 2.24) is 25.2 Å². The van der Waals surface area contributed by atoms with E-state index in [-0.39, 0.29) is 0 Å². The van der Waals surface area contributed by atoms with Crippen LogP contribution < -0.4 is 21.1 Å². The minimum atomic E-state index is 0.513. The molecule has 2 atom stereocenters. The van der Waals surface area contributed by atoms with Crippen LogP contribution in [0.2, 0.25) is 0 Å². The predicted molar refractivity (Wildman–Crippen MR) is 157 cm³/mol. The van der Waals surface area contributed by atoms with Crippen LogP contribution in [0.5, 0.6) is 11.5 Å². The normalized spacial score (nSPS) is 19.1. The van der Waals surface area contributed by atoms with E-state index in [4.69, 9.17) is 10.5 Å². The Morgan fingerprint density at radius 2 is 1.74 bits per heavy atom. The third-order valence-electron chi connectivity index (χ3n) is 8.20. The highest BCUT2D eigenvalue weighted by molar-refractivity contribution is 5.90. The first-order chi connectivity index (χ1) is 19.2. The zero-order valence-electron chi connectivity index (χ0n) is 22.7. The van der Waals surface area contributed by atoms with Gasteiger partial charge in [0.25, 0.3) is 0 Å². The molecule has 2 heterocycles. The topological polar surface area (TPSA) is 90.0 Å². The van der Waals surface area contributed by atoms with Gasteiger partial charge in [-0.25, -0.2) is 9.97 Å². The van der Waals surface area contributed by atoms with Crippen LogP contribution in [0.25, 0.3) is 11.0 Å². The van der Waals surface area contributed by atoms with Crippen molar-refractivity contribution in [3.8, 4) is 11.5 Å². The zero-order valence-corrected chi connectivity index (χ0v) is 22.7. The van der Waals surface area contributed by atoms with Crippen molar-refractivity contribution in [2.45, 2.75) is 56.9 Å². The number of nitrogens with two attached hydrogens (primary N) is 1. The number of nitrogens with one attached hydrogen (secondary N) is 2. The van der Waals surface area contributed by atoms with Crippen molar-refractivity contribution in [3.05, 3.63) is 78.2 Å². The third-order valence-corrected chi connectivity index (χ3v) is 8.20. The summed E-state index contributed by atoms with van der Waals surface area (Å²) in [5.41, 5.74) is 9.95. The number of nitrogens with zero attached hydrogens (tertiary/aromatic N) is 3. The molecular weight excluding hydrogens is 484 g/mol. The number of nitrogen functional groups attached to an aromatic ring is 1. The molecule has 0 saturated heterocycles. The molecular formula is C32H40N6O. The second-order valence-electron chi connectivity index (χ2n) is 11.2. The summed E-state index contributed by atoms with van der Waals surface area (Å²) in [4.78, 5) is 8.91. The largest absolute Gasteiger partial charge is 0.457 e. The Labute approximate surface area is 231 Å². The number of aromatic nitrogens is 3. The van der Waals surface area contributed by atoms with E-state index >= 15 is 0 Å². The minimum absolute atomic E-state index is 0.513. The van der Waals surface area contributed by atoms with Gasteiger partial charge in [-0.2, -0.15) is 0 Å². The Kier molecular flexibility index (Phi) is 8.07. The van der Waals surface area contributed by atoms with Gasteiger partial charge in [-0.3, -0.25) is 0 Å². The molecule has 2 aliphatic rings. The Morgan fingerprint density at radius 1 is 0.897 bits per heavy atom. The molecule has 2 aliphatic carbocycles. The number of fused-ring (bicyclic) bond motifs is 1. The van der Waals surface area contributed by atoms with Crippen molar-refractivity contribution >= 4 is 16.9 Å². The van der Waals surface area contributed by atoms with Gasteiger partial charge in [-0.05, 0) is 118 Å². The van der Waals surface area contributed by atoms with Crippen molar-refractivity contribution in [2.24, 2.45) is 5.92 Å². The van der Waals surface area contributed by atoms with Crippen molar-refractivity contribution < 1.29 is 4.74 Å². The van der Waals surface area contributed by atoms with E-state index in [0.29, 0.717) is 23.7 Å². The standard InChI is InChI=1S/C32H40N6O/c33-31-30-29(25-11-12-25)21-38(32(30)37-22-36-31)26-13-10-24(18-26)20-35-16-5-15-34-17-14-23-6-4-9-28(19-23)39-27-7-2-1-3-8-27/h1-4,6-9,19,21-22,24-26,34-35H,5,10-18,20H2,(H2,33,36,37)/t24-,26+/m1/s1. The van der Waals surface area contributed by atoms with Crippen molar-refractivity contribution in [1.29, 1.82) is 0 Å². The highest BCUT2D eigenvalue weighted by atomic mass is 16.5. The fraction of sp³-hybridized carbons (Fsp3) is 0.438. The van der Waals surface area contributed by atoms with E-state index in [0.717, 1.165) is 61.6 Å². The number of benzene rings is 2. The molecule has 2 saturated carbocycles. The third kappa shape index (κ3) is 6.43. The molecule has 0 unspecified atom stereocenters. The average molecular weight is 525 g/mol. The van der Waals surface area contributed by atoms with E-state index < -0.39 is 0 Å². The van der Waals surface area contributed by atoms with Crippen LogP contribution in [0.3, 0.4) is 0 Å². The molecule has 4 N–H and O–H groups in total. The highest BCUT2D eigenvalue weighted by Gasteiger charge is 2.32. The van der Waals surface area contributed by atoms with Crippen LogP contribution in [0.1, 0.15) is 61.6 Å². The average Bonchev–Trinajstić information content (AvgIpc) is 3.56. The lowest BCUT2D eigenvalue weighted by Gasteiger charge is -2.15. The first kappa shape index (κ1) is 25.8. The number of rotatable bonds is 13. The lowest BCUT2D eigenvalue weighted by molar-refractivity contribution is 0.451. The van der Waals surface area contributed by atoms with E-state index in [1.54, 1.807) is 6.33 Å². The fourth-order valence-corrected chi connectivity index (χ4v) is 6.00. The summed E-state index contributed by atoms with van der Waals surface area (Å²) in [6, 6.07) is 18.8. The van der Waals surface area contributed by atoms with Crippen molar-refractivity contribution in [2.75, 3.05) is 31.9 Å². The summed E-state index contributed by atoms with van der Waals surface area (Å²) < 4.78 is 8.37. The maximum absolute atomic E-state index is 6.26. The molecule has 39 heavy (non-hydrogen) atoms. The van der Waals surface area contributed by atoms with Gasteiger partial charge < -0.3 is 25.7 Å². The SMILES string of the molecule is Nc1ncnc2c1c(C1CC1)cn2[C@H]1CC[C@@H](CNCCCNCCc2cccc(Oc3ccccc3)c2)C1. The highest BCUT2D eigenvalue weighted by Crippen LogP contribution is 2.46. The Balaban J connectivity index is 0.882. The Hall–Kier alpha value is -3.42. The van der Waals surface area contributed by atoms with Crippen LogP contribution in [0.15, 0.2) is 67.1 Å². The summed E-state index contributed by atoms with van der Waals surface area (Å²) in [6.45, 7) is 4.15. The first-order valence-corrected chi connectivity index (χ1v) is 14.6. The Bertz CT molecular complexity index is 1370. The van der Waals surface area contributed by atoms with Gasteiger partial charge in [0.15, 0.2) is 0 Å².